The molecule has 170 valence electrons. The smallest absolute Gasteiger partial charge is 0.264 e. The molecule has 1 amide bonds. The van der Waals surface area contributed by atoms with Crippen molar-refractivity contribution < 1.29 is 13.9 Å². The largest absolute Gasteiger partial charge is 0.379 e. The van der Waals surface area contributed by atoms with Crippen molar-refractivity contribution in [3.05, 3.63) is 46.7 Å². The van der Waals surface area contributed by atoms with Crippen molar-refractivity contribution in [1.29, 1.82) is 0 Å². The van der Waals surface area contributed by atoms with Crippen LogP contribution in [-0.4, -0.2) is 71.4 Å². The highest BCUT2D eigenvalue weighted by molar-refractivity contribution is 7.20. The predicted octanol–water partition coefficient (Wildman–Crippen LogP) is 4.11. The number of carbonyl (C=O) groups excluding carboxylic acids is 1. The molecular formula is C24H29FN4O2S. The molecule has 2 aliphatic heterocycles. The molecule has 0 bridgehead atoms. The summed E-state index contributed by atoms with van der Waals surface area (Å²) in [6.07, 6.45) is 3.35. The maximum atomic E-state index is 13.3. The summed E-state index contributed by atoms with van der Waals surface area (Å²) in [7, 11) is 0. The Morgan fingerprint density at radius 3 is 2.59 bits per heavy atom. The SMILES string of the molecule is Cc1nn(-c2ccc(F)cc2)c2sc(C(=O)N3CCC(CCN4CCOCC4)CC3)cc12. The van der Waals surface area contributed by atoms with Gasteiger partial charge in [-0.25, -0.2) is 9.07 Å². The molecule has 8 heteroatoms. The van der Waals surface area contributed by atoms with Crippen molar-refractivity contribution in [3.8, 4) is 5.69 Å². The molecule has 3 aromatic rings. The summed E-state index contributed by atoms with van der Waals surface area (Å²) in [4.78, 5) is 19.4. The Balaban J connectivity index is 1.23. The predicted molar refractivity (Wildman–Crippen MR) is 124 cm³/mol. The number of halogens is 1. The molecule has 1 aromatic carbocycles. The van der Waals surface area contributed by atoms with Gasteiger partial charge in [0.2, 0.25) is 0 Å². The molecule has 0 N–H and O–H groups in total. The summed E-state index contributed by atoms with van der Waals surface area (Å²) < 4.78 is 20.6. The zero-order chi connectivity index (χ0) is 22.1. The lowest BCUT2D eigenvalue weighted by Crippen LogP contribution is -2.40. The highest BCUT2D eigenvalue weighted by atomic mass is 32.1. The first-order valence-electron chi connectivity index (χ1n) is 11.4. The number of nitrogens with zero attached hydrogens (tertiary/aromatic N) is 4. The summed E-state index contributed by atoms with van der Waals surface area (Å²) in [5, 5.41) is 5.59. The third-order valence-electron chi connectivity index (χ3n) is 6.69. The zero-order valence-corrected chi connectivity index (χ0v) is 19.2. The fourth-order valence-electron chi connectivity index (χ4n) is 4.68. The first-order valence-corrected chi connectivity index (χ1v) is 12.2. The topological polar surface area (TPSA) is 50.6 Å². The van der Waals surface area contributed by atoms with Crippen LogP contribution in [0.15, 0.2) is 30.3 Å². The van der Waals surface area contributed by atoms with E-state index in [9.17, 15) is 9.18 Å². The van der Waals surface area contributed by atoms with Gasteiger partial charge in [-0.3, -0.25) is 9.69 Å². The highest BCUT2D eigenvalue weighted by Gasteiger charge is 2.26. The average molecular weight is 457 g/mol. The molecule has 32 heavy (non-hydrogen) atoms. The Labute approximate surface area is 191 Å². The minimum atomic E-state index is -0.274. The molecule has 0 unspecified atom stereocenters. The third kappa shape index (κ3) is 4.44. The van der Waals surface area contributed by atoms with Crippen LogP contribution in [0.4, 0.5) is 4.39 Å². The van der Waals surface area contributed by atoms with Crippen molar-refractivity contribution in [1.82, 2.24) is 19.6 Å². The molecule has 2 fully saturated rings. The van der Waals surface area contributed by atoms with Crippen LogP contribution in [0.1, 0.15) is 34.6 Å². The summed E-state index contributed by atoms with van der Waals surface area (Å²) in [5.41, 5.74) is 1.67. The first kappa shape index (κ1) is 21.6. The number of morpholine rings is 1. The number of benzene rings is 1. The number of hydrogen-bond donors (Lipinski definition) is 0. The molecule has 2 aliphatic rings. The molecule has 2 aromatic heterocycles. The molecule has 0 spiro atoms. The zero-order valence-electron chi connectivity index (χ0n) is 18.4. The highest BCUT2D eigenvalue weighted by Crippen LogP contribution is 2.32. The second-order valence-corrected chi connectivity index (χ2v) is 9.81. The van der Waals surface area contributed by atoms with Gasteiger partial charge in [0.25, 0.3) is 5.91 Å². The van der Waals surface area contributed by atoms with Crippen molar-refractivity contribution in [2.45, 2.75) is 26.2 Å². The van der Waals surface area contributed by atoms with Gasteiger partial charge in [-0.15, -0.1) is 11.3 Å². The third-order valence-corrected chi connectivity index (χ3v) is 7.78. The maximum absolute atomic E-state index is 13.3. The molecular weight excluding hydrogens is 427 g/mol. The minimum absolute atomic E-state index is 0.114. The van der Waals surface area contributed by atoms with Crippen LogP contribution in [0.2, 0.25) is 0 Å². The van der Waals surface area contributed by atoms with E-state index in [1.165, 1.54) is 29.9 Å². The van der Waals surface area contributed by atoms with Crippen LogP contribution in [0.25, 0.3) is 15.9 Å². The Kier molecular flexibility index (Phi) is 6.26. The number of ether oxygens (including phenoxy) is 1. The van der Waals surface area contributed by atoms with Crippen LogP contribution in [0.5, 0.6) is 0 Å². The molecule has 6 nitrogen and oxygen atoms in total. The van der Waals surface area contributed by atoms with Crippen LogP contribution < -0.4 is 0 Å². The van der Waals surface area contributed by atoms with Gasteiger partial charge in [0, 0.05) is 31.6 Å². The lowest BCUT2D eigenvalue weighted by atomic mass is 9.93. The van der Waals surface area contributed by atoms with Crippen LogP contribution in [-0.2, 0) is 4.74 Å². The second-order valence-electron chi connectivity index (χ2n) is 8.78. The summed E-state index contributed by atoms with van der Waals surface area (Å²) in [5.74, 6) is 0.533. The quantitative estimate of drug-likeness (QED) is 0.580. The summed E-state index contributed by atoms with van der Waals surface area (Å²) in [6, 6.07) is 8.26. The lowest BCUT2D eigenvalue weighted by Gasteiger charge is -2.33. The van der Waals surface area contributed by atoms with Crippen molar-refractivity contribution >= 4 is 27.5 Å². The Hall–Kier alpha value is -2.29. The standard InChI is InChI=1S/C24H29FN4O2S/c1-17-21-16-22(32-24(21)29(26-17)20-4-2-19(25)3-5-20)23(30)28-10-7-18(8-11-28)6-9-27-12-14-31-15-13-27/h2-5,16,18H,6-15H2,1H3. The normalized spacial score (nSPS) is 18.5. The fourth-order valence-corrected chi connectivity index (χ4v) is 5.83. The van der Waals surface area contributed by atoms with E-state index in [-0.39, 0.29) is 11.7 Å². The summed E-state index contributed by atoms with van der Waals surface area (Å²) in [6.45, 7) is 8.51. The van der Waals surface area contributed by atoms with Gasteiger partial charge in [-0.05, 0) is 69.0 Å². The molecule has 0 radical (unpaired) electrons. The number of thiophene rings is 1. The molecule has 2 saturated heterocycles. The van der Waals surface area contributed by atoms with Crippen LogP contribution in [0, 0.1) is 18.7 Å². The van der Waals surface area contributed by atoms with E-state index < -0.39 is 0 Å². The van der Waals surface area contributed by atoms with Gasteiger partial charge in [-0.1, -0.05) is 0 Å². The minimum Gasteiger partial charge on any atom is -0.379 e. The van der Waals surface area contributed by atoms with Gasteiger partial charge in [0.1, 0.15) is 10.6 Å². The number of likely N-dealkylation sites (tertiary alicyclic amines) is 1. The molecule has 0 saturated carbocycles. The van der Waals surface area contributed by atoms with Gasteiger partial charge < -0.3 is 9.64 Å². The van der Waals surface area contributed by atoms with Crippen molar-refractivity contribution in [3.63, 3.8) is 0 Å². The van der Waals surface area contributed by atoms with Gasteiger partial charge in [0.15, 0.2) is 0 Å². The van der Waals surface area contributed by atoms with Crippen LogP contribution in [0.3, 0.4) is 0 Å². The lowest BCUT2D eigenvalue weighted by molar-refractivity contribution is 0.0332. The molecule has 0 aliphatic carbocycles. The van der Waals surface area contributed by atoms with Gasteiger partial charge in [0.05, 0.1) is 29.5 Å². The maximum Gasteiger partial charge on any atom is 0.264 e. The number of aromatic nitrogens is 2. The average Bonchev–Trinajstić information content (AvgIpc) is 3.39. The van der Waals surface area contributed by atoms with E-state index in [1.807, 2.05) is 22.6 Å². The van der Waals surface area contributed by atoms with E-state index in [1.54, 1.807) is 12.1 Å². The molecule has 4 heterocycles. The summed E-state index contributed by atoms with van der Waals surface area (Å²) >= 11 is 1.47. The van der Waals surface area contributed by atoms with Gasteiger partial charge >= 0.3 is 0 Å². The molecule has 5 rings (SSSR count). The van der Waals surface area contributed by atoms with E-state index >= 15 is 0 Å². The number of aryl methyl sites for hydroxylation is 1. The number of rotatable bonds is 5. The van der Waals surface area contributed by atoms with E-state index in [2.05, 4.69) is 10.00 Å². The monoisotopic (exact) mass is 456 g/mol. The number of piperidine rings is 1. The Bertz CT molecular complexity index is 1080. The molecule has 0 atom stereocenters. The fraction of sp³-hybridized carbons (Fsp3) is 0.500. The van der Waals surface area contributed by atoms with E-state index in [4.69, 9.17) is 4.74 Å². The Morgan fingerprint density at radius 1 is 1.16 bits per heavy atom. The number of amides is 1. The van der Waals surface area contributed by atoms with E-state index in [0.717, 1.165) is 85.3 Å². The first-order chi connectivity index (χ1) is 15.6. The van der Waals surface area contributed by atoms with E-state index in [0.29, 0.717) is 5.92 Å². The van der Waals surface area contributed by atoms with Gasteiger partial charge in [-0.2, -0.15) is 5.10 Å². The number of fused-ring (bicyclic) bond motifs is 1. The Morgan fingerprint density at radius 2 is 1.88 bits per heavy atom. The second kappa shape index (κ2) is 9.29. The van der Waals surface area contributed by atoms with Crippen LogP contribution >= 0.6 is 11.3 Å². The van der Waals surface area contributed by atoms with Crippen molar-refractivity contribution in [2.75, 3.05) is 45.9 Å². The number of hydrogen-bond acceptors (Lipinski definition) is 5. The number of carbonyl (C=O) groups is 1. The van der Waals surface area contributed by atoms with Crippen molar-refractivity contribution in [2.24, 2.45) is 5.92 Å².